The molecular formula is C17H13BrF3NO. The van der Waals surface area contributed by atoms with Crippen LogP contribution in [0.1, 0.15) is 16.7 Å². The summed E-state index contributed by atoms with van der Waals surface area (Å²) >= 11 is 3.43. The summed E-state index contributed by atoms with van der Waals surface area (Å²) in [5.74, 6) is 0.566. The van der Waals surface area contributed by atoms with Crippen molar-refractivity contribution in [1.29, 1.82) is 0 Å². The first kappa shape index (κ1) is 15.9. The predicted octanol–water partition coefficient (Wildman–Crippen LogP) is 5.41. The van der Waals surface area contributed by atoms with Crippen LogP contribution in [0.3, 0.4) is 0 Å². The molecule has 1 heterocycles. The van der Waals surface area contributed by atoms with Crippen molar-refractivity contribution in [3.8, 4) is 0 Å². The van der Waals surface area contributed by atoms with E-state index in [4.69, 9.17) is 4.74 Å². The van der Waals surface area contributed by atoms with Crippen LogP contribution in [0.5, 0.6) is 0 Å². The van der Waals surface area contributed by atoms with E-state index in [1.807, 2.05) is 30.3 Å². The van der Waals surface area contributed by atoms with Gasteiger partial charge >= 0.3 is 6.18 Å². The first-order valence-electron chi connectivity index (χ1n) is 6.96. The molecule has 0 atom stereocenters. The molecule has 0 radical (unpaired) electrons. The summed E-state index contributed by atoms with van der Waals surface area (Å²) in [6, 6.07) is 13.2. The molecule has 6 heteroatoms. The minimum Gasteiger partial charge on any atom is -0.487 e. The highest BCUT2D eigenvalue weighted by atomic mass is 79.9. The highest BCUT2D eigenvalue weighted by Crippen LogP contribution is 2.38. The first-order chi connectivity index (χ1) is 10.9. The van der Waals surface area contributed by atoms with Gasteiger partial charge in [0.25, 0.3) is 0 Å². The van der Waals surface area contributed by atoms with E-state index in [2.05, 4.69) is 21.2 Å². The number of ether oxygens (including phenoxy) is 1. The van der Waals surface area contributed by atoms with Crippen molar-refractivity contribution >= 4 is 27.4 Å². The molecule has 0 aromatic heterocycles. The molecule has 2 aromatic rings. The molecule has 120 valence electrons. The quantitative estimate of drug-likeness (QED) is 0.764. The summed E-state index contributed by atoms with van der Waals surface area (Å²) in [6.07, 6.45) is -4.36. The van der Waals surface area contributed by atoms with Gasteiger partial charge in [0.2, 0.25) is 0 Å². The number of halogens is 4. The van der Waals surface area contributed by atoms with Gasteiger partial charge in [0.1, 0.15) is 12.4 Å². The van der Waals surface area contributed by atoms with Crippen molar-refractivity contribution in [1.82, 2.24) is 0 Å². The number of nitrogens with one attached hydrogen (secondary N) is 1. The Morgan fingerprint density at radius 2 is 1.83 bits per heavy atom. The number of hydrogen-bond donors (Lipinski definition) is 1. The number of hydrogen-bond acceptors (Lipinski definition) is 2. The van der Waals surface area contributed by atoms with E-state index < -0.39 is 11.7 Å². The molecule has 2 nitrogen and oxygen atoms in total. The summed E-state index contributed by atoms with van der Waals surface area (Å²) < 4.78 is 45.1. The third-order valence-electron chi connectivity index (χ3n) is 3.50. The largest absolute Gasteiger partial charge is 0.487 e. The minimum atomic E-state index is -4.36. The standard InChI is InChI=1S/C17H13BrF3NO/c18-14-9-22-15-8-12(17(19,20)21)6-7-13(15)16(14)23-10-11-4-2-1-3-5-11/h1-8,22H,9-10H2. The lowest BCUT2D eigenvalue weighted by Crippen LogP contribution is -2.15. The van der Waals surface area contributed by atoms with E-state index in [-0.39, 0.29) is 0 Å². The smallest absolute Gasteiger partial charge is 0.416 e. The van der Waals surface area contributed by atoms with E-state index in [1.54, 1.807) is 0 Å². The summed E-state index contributed by atoms with van der Waals surface area (Å²) in [6.45, 7) is 0.740. The Kier molecular flexibility index (Phi) is 4.35. The molecule has 0 amide bonds. The van der Waals surface area contributed by atoms with Gasteiger partial charge in [-0.1, -0.05) is 30.3 Å². The second kappa shape index (κ2) is 6.28. The highest BCUT2D eigenvalue weighted by Gasteiger charge is 2.32. The molecule has 1 aliphatic rings. The zero-order valence-electron chi connectivity index (χ0n) is 12.0. The SMILES string of the molecule is FC(F)(F)c1ccc2c(c1)NCC(Br)=C2OCc1ccccc1. The van der Waals surface area contributed by atoms with E-state index in [0.717, 1.165) is 22.2 Å². The third kappa shape index (κ3) is 3.52. The van der Waals surface area contributed by atoms with Crippen LogP contribution in [0.15, 0.2) is 53.0 Å². The van der Waals surface area contributed by atoms with Gasteiger partial charge in [-0.25, -0.2) is 0 Å². The van der Waals surface area contributed by atoms with Gasteiger partial charge < -0.3 is 10.1 Å². The lowest BCUT2D eigenvalue weighted by molar-refractivity contribution is -0.137. The number of fused-ring (bicyclic) bond motifs is 1. The van der Waals surface area contributed by atoms with Gasteiger partial charge in [-0.3, -0.25) is 0 Å². The molecule has 1 N–H and O–H groups in total. The van der Waals surface area contributed by atoms with Gasteiger partial charge in [-0.05, 0) is 39.7 Å². The number of benzene rings is 2. The van der Waals surface area contributed by atoms with Crippen molar-refractivity contribution in [2.45, 2.75) is 12.8 Å². The Morgan fingerprint density at radius 3 is 2.52 bits per heavy atom. The van der Waals surface area contributed by atoms with Crippen LogP contribution in [-0.2, 0) is 17.5 Å². The Labute approximate surface area is 140 Å². The van der Waals surface area contributed by atoms with Gasteiger partial charge in [0, 0.05) is 11.3 Å². The molecular weight excluding hydrogens is 371 g/mol. The monoisotopic (exact) mass is 383 g/mol. The lowest BCUT2D eigenvalue weighted by atomic mass is 10.0. The van der Waals surface area contributed by atoms with Gasteiger partial charge in [0.15, 0.2) is 0 Å². The van der Waals surface area contributed by atoms with Crippen LogP contribution in [0.2, 0.25) is 0 Å². The lowest BCUT2D eigenvalue weighted by Gasteiger charge is -2.23. The van der Waals surface area contributed by atoms with Crippen LogP contribution < -0.4 is 5.32 Å². The summed E-state index contributed by atoms with van der Waals surface area (Å²) in [5, 5.41) is 2.97. The van der Waals surface area contributed by atoms with Crippen molar-refractivity contribution in [2.75, 3.05) is 11.9 Å². The fraction of sp³-hybridized carbons (Fsp3) is 0.176. The average Bonchev–Trinajstić information content (AvgIpc) is 2.53. The zero-order chi connectivity index (χ0) is 16.4. The molecule has 2 aromatic carbocycles. The van der Waals surface area contributed by atoms with Crippen LogP contribution in [0.25, 0.3) is 5.76 Å². The number of alkyl halides is 3. The molecule has 1 aliphatic heterocycles. The van der Waals surface area contributed by atoms with Crippen molar-refractivity contribution in [3.63, 3.8) is 0 Å². The van der Waals surface area contributed by atoms with Crippen LogP contribution >= 0.6 is 15.9 Å². The van der Waals surface area contributed by atoms with E-state index >= 15 is 0 Å². The number of rotatable bonds is 3. The Morgan fingerprint density at radius 1 is 1.09 bits per heavy atom. The molecule has 0 spiro atoms. The number of anilines is 1. The second-order valence-electron chi connectivity index (χ2n) is 5.12. The minimum absolute atomic E-state index is 0.353. The Hall–Kier alpha value is -1.95. The molecule has 0 saturated heterocycles. The van der Waals surface area contributed by atoms with Crippen molar-refractivity contribution in [3.05, 3.63) is 69.7 Å². The fourth-order valence-corrected chi connectivity index (χ4v) is 2.82. The molecule has 3 rings (SSSR count). The van der Waals surface area contributed by atoms with E-state index in [0.29, 0.717) is 30.2 Å². The molecule has 0 unspecified atom stereocenters. The molecule has 23 heavy (non-hydrogen) atoms. The summed E-state index contributed by atoms with van der Waals surface area (Å²) in [5.41, 5.74) is 1.36. The van der Waals surface area contributed by atoms with Crippen LogP contribution in [0.4, 0.5) is 18.9 Å². The van der Waals surface area contributed by atoms with Crippen molar-refractivity contribution < 1.29 is 17.9 Å². The zero-order valence-corrected chi connectivity index (χ0v) is 13.5. The normalized spacial score (nSPS) is 14.3. The van der Waals surface area contributed by atoms with Crippen LogP contribution in [0, 0.1) is 0 Å². The average molecular weight is 384 g/mol. The predicted molar refractivity (Wildman–Crippen MR) is 87.0 cm³/mol. The topological polar surface area (TPSA) is 21.3 Å². The van der Waals surface area contributed by atoms with E-state index in [9.17, 15) is 13.2 Å². The Balaban J connectivity index is 1.87. The van der Waals surface area contributed by atoms with E-state index in [1.165, 1.54) is 6.07 Å². The maximum Gasteiger partial charge on any atom is 0.416 e. The molecule has 0 bridgehead atoms. The Bertz CT molecular complexity index is 741. The van der Waals surface area contributed by atoms with Crippen LogP contribution in [-0.4, -0.2) is 6.54 Å². The summed E-state index contributed by atoms with van der Waals surface area (Å²) in [7, 11) is 0. The van der Waals surface area contributed by atoms with Gasteiger partial charge in [-0.2, -0.15) is 13.2 Å². The summed E-state index contributed by atoms with van der Waals surface area (Å²) in [4.78, 5) is 0. The van der Waals surface area contributed by atoms with Gasteiger partial charge in [-0.15, -0.1) is 0 Å². The molecule has 0 aliphatic carbocycles. The first-order valence-corrected chi connectivity index (χ1v) is 7.75. The maximum atomic E-state index is 12.8. The molecule has 0 fully saturated rings. The molecule has 0 saturated carbocycles. The van der Waals surface area contributed by atoms with Gasteiger partial charge in [0.05, 0.1) is 16.6 Å². The van der Waals surface area contributed by atoms with Crippen molar-refractivity contribution in [2.24, 2.45) is 0 Å². The fourth-order valence-electron chi connectivity index (χ4n) is 2.35. The highest BCUT2D eigenvalue weighted by molar-refractivity contribution is 9.11. The maximum absolute atomic E-state index is 12.8. The second-order valence-corrected chi connectivity index (χ2v) is 6.08. The third-order valence-corrected chi connectivity index (χ3v) is 4.14.